The van der Waals surface area contributed by atoms with Gasteiger partial charge in [-0.05, 0) is 31.0 Å². The minimum absolute atomic E-state index is 0.0354. The second-order valence-electron chi connectivity index (χ2n) is 7.37. The molecule has 0 aliphatic carbocycles. The van der Waals surface area contributed by atoms with Gasteiger partial charge in [0.05, 0.1) is 24.6 Å². The zero-order valence-electron chi connectivity index (χ0n) is 18.3. The lowest BCUT2D eigenvalue weighted by Gasteiger charge is -2.17. The Morgan fingerprint density at radius 2 is 2.24 bits per heavy atom. The lowest BCUT2D eigenvalue weighted by Crippen LogP contribution is -2.37. The van der Waals surface area contributed by atoms with E-state index in [0.717, 1.165) is 30.8 Å². The number of halogens is 2. The largest absolute Gasteiger partial charge is 0.389 e. The van der Waals surface area contributed by atoms with E-state index >= 15 is 0 Å². The van der Waals surface area contributed by atoms with Gasteiger partial charge in [0.2, 0.25) is 0 Å². The molecular weight excluding hydrogens is 471 g/mol. The Labute approximate surface area is 199 Å². The predicted molar refractivity (Wildman–Crippen MR) is 127 cm³/mol. The Hall–Kier alpha value is -2.57. The van der Waals surface area contributed by atoms with E-state index in [1.165, 1.54) is 24.4 Å². The van der Waals surface area contributed by atoms with Crippen molar-refractivity contribution in [3.8, 4) is 10.6 Å². The number of rotatable bonds is 4. The van der Waals surface area contributed by atoms with Gasteiger partial charge in [0.1, 0.15) is 15.8 Å². The fraction of sp³-hybridized carbons (Fsp3) is 0.381. The molecule has 0 bridgehead atoms. The number of hydrogen-bond donors (Lipinski definition) is 3. The highest BCUT2D eigenvalue weighted by atomic mass is 35.5. The lowest BCUT2D eigenvalue weighted by molar-refractivity contribution is 0.0122. The van der Waals surface area contributed by atoms with Crippen molar-refractivity contribution in [1.29, 1.82) is 0 Å². The summed E-state index contributed by atoms with van der Waals surface area (Å²) in [6.45, 7) is 1.48. The molecule has 9 nitrogen and oxygen atoms in total. The van der Waals surface area contributed by atoms with Crippen LogP contribution in [0.1, 0.15) is 23.3 Å². The monoisotopic (exact) mass is 496 g/mol. The van der Waals surface area contributed by atoms with Crippen LogP contribution in [-0.2, 0) is 16.5 Å². The highest BCUT2D eigenvalue weighted by Crippen LogP contribution is 2.33. The van der Waals surface area contributed by atoms with Crippen molar-refractivity contribution in [2.24, 2.45) is 12.8 Å². The molecule has 0 spiro atoms. The number of methoxy groups -OCH3 is 1. The summed E-state index contributed by atoms with van der Waals surface area (Å²) in [5.41, 5.74) is 12.4. The first kappa shape index (κ1) is 25.1. The van der Waals surface area contributed by atoms with Crippen LogP contribution >= 0.6 is 22.9 Å². The van der Waals surface area contributed by atoms with E-state index in [0.29, 0.717) is 22.3 Å². The Balaban J connectivity index is 0.000000257. The van der Waals surface area contributed by atoms with Crippen LogP contribution in [0.4, 0.5) is 15.1 Å². The number of carbonyl (C=O) groups is 1. The van der Waals surface area contributed by atoms with Crippen molar-refractivity contribution in [2.75, 3.05) is 31.4 Å². The molecule has 5 N–H and O–H groups in total. The molecule has 2 aromatic heterocycles. The van der Waals surface area contributed by atoms with Crippen LogP contribution in [0.3, 0.4) is 0 Å². The molecule has 1 aliphatic heterocycles. The van der Waals surface area contributed by atoms with Crippen molar-refractivity contribution >= 4 is 39.5 Å². The number of aryl methyl sites for hydroxylation is 1. The predicted octanol–water partition coefficient (Wildman–Crippen LogP) is 3.31. The maximum Gasteiger partial charge on any atom is 0.277 e. The molecule has 12 heteroatoms. The molecule has 1 amide bonds. The Morgan fingerprint density at radius 1 is 1.45 bits per heavy atom. The van der Waals surface area contributed by atoms with E-state index in [9.17, 15) is 9.18 Å². The van der Waals surface area contributed by atoms with E-state index in [1.54, 1.807) is 25.0 Å². The zero-order chi connectivity index (χ0) is 24.0. The first-order valence-corrected chi connectivity index (χ1v) is 11.4. The molecule has 3 heterocycles. The SMILES string of the molecule is COC1COCCCC1N.Cn1cc(NC(=O)c2nc(-c3cc(Cl)ccc3F)sc2N)cn1. The van der Waals surface area contributed by atoms with Gasteiger partial charge >= 0.3 is 0 Å². The Morgan fingerprint density at radius 3 is 2.94 bits per heavy atom. The van der Waals surface area contributed by atoms with Crippen LogP contribution in [-0.4, -0.2) is 53.1 Å². The topological polar surface area (TPSA) is 130 Å². The third kappa shape index (κ3) is 6.71. The summed E-state index contributed by atoms with van der Waals surface area (Å²) in [4.78, 5) is 16.4. The Kier molecular flexibility index (Phi) is 8.75. The average molecular weight is 497 g/mol. The summed E-state index contributed by atoms with van der Waals surface area (Å²) in [5, 5.41) is 7.44. The number of benzene rings is 1. The maximum atomic E-state index is 13.9. The lowest BCUT2D eigenvalue weighted by atomic mass is 10.1. The molecule has 1 aromatic carbocycles. The van der Waals surface area contributed by atoms with Crippen LogP contribution in [0.5, 0.6) is 0 Å². The normalized spacial score (nSPS) is 18.2. The van der Waals surface area contributed by atoms with Gasteiger partial charge < -0.3 is 26.3 Å². The van der Waals surface area contributed by atoms with E-state index < -0.39 is 11.7 Å². The van der Waals surface area contributed by atoms with Crippen molar-refractivity contribution in [2.45, 2.75) is 25.0 Å². The summed E-state index contributed by atoms with van der Waals surface area (Å²) >= 11 is 6.90. The summed E-state index contributed by atoms with van der Waals surface area (Å²) in [7, 11) is 3.41. The molecule has 0 radical (unpaired) electrons. The molecule has 2 atom stereocenters. The van der Waals surface area contributed by atoms with Gasteiger partial charge in [0.25, 0.3) is 5.91 Å². The van der Waals surface area contributed by atoms with Gasteiger partial charge in [-0.2, -0.15) is 5.10 Å². The highest BCUT2D eigenvalue weighted by molar-refractivity contribution is 7.19. The number of anilines is 2. The van der Waals surface area contributed by atoms with Crippen molar-refractivity contribution in [3.63, 3.8) is 0 Å². The number of nitrogen functional groups attached to an aromatic ring is 1. The molecular formula is C21H26ClFN6O3S. The van der Waals surface area contributed by atoms with Gasteiger partial charge in [-0.15, -0.1) is 0 Å². The van der Waals surface area contributed by atoms with Crippen LogP contribution in [0.25, 0.3) is 10.6 Å². The van der Waals surface area contributed by atoms with Gasteiger partial charge in [0, 0.05) is 43.6 Å². The van der Waals surface area contributed by atoms with E-state index in [2.05, 4.69) is 15.4 Å². The van der Waals surface area contributed by atoms with E-state index in [1.807, 2.05) is 0 Å². The number of thiazole rings is 1. The number of nitrogens with zero attached hydrogens (tertiary/aromatic N) is 3. The molecule has 4 rings (SSSR count). The second kappa shape index (κ2) is 11.5. The third-order valence-corrected chi connectivity index (χ3v) is 6.03. The maximum absolute atomic E-state index is 13.9. The summed E-state index contributed by atoms with van der Waals surface area (Å²) in [6, 6.07) is 4.28. The van der Waals surface area contributed by atoms with Crippen LogP contribution in [0, 0.1) is 5.82 Å². The molecule has 0 saturated carbocycles. The van der Waals surface area contributed by atoms with Crippen molar-refractivity contribution in [1.82, 2.24) is 14.8 Å². The highest BCUT2D eigenvalue weighted by Gasteiger charge is 2.20. The first-order chi connectivity index (χ1) is 15.8. The number of nitrogens with two attached hydrogens (primary N) is 2. The molecule has 1 saturated heterocycles. The summed E-state index contributed by atoms with van der Waals surface area (Å²) in [6.07, 6.45) is 5.30. The standard InChI is InChI=1S/C14H11ClFN5OS.C7H15NO2/c1-21-6-8(5-18-21)19-13(22)11-12(17)23-14(20-11)9-4-7(15)2-3-10(9)16;1-9-7-5-10-4-2-3-6(7)8/h2-6H,17H2,1H3,(H,19,22);6-7H,2-5,8H2,1H3. The fourth-order valence-corrected chi connectivity index (χ4v) is 4.14. The summed E-state index contributed by atoms with van der Waals surface area (Å²) < 4.78 is 25.8. The van der Waals surface area contributed by atoms with E-state index in [-0.39, 0.29) is 28.4 Å². The number of aromatic nitrogens is 3. The van der Waals surface area contributed by atoms with Crippen LogP contribution in [0.2, 0.25) is 5.02 Å². The van der Waals surface area contributed by atoms with Crippen molar-refractivity contribution in [3.05, 3.63) is 47.1 Å². The number of hydrogen-bond acceptors (Lipinski definition) is 8. The van der Waals surface area contributed by atoms with Crippen LogP contribution in [0.15, 0.2) is 30.6 Å². The van der Waals surface area contributed by atoms with Crippen LogP contribution < -0.4 is 16.8 Å². The van der Waals surface area contributed by atoms with Gasteiger partial charge in [-0.1, -0.05) is 22.9 Å². The molecule has 178 valence electrons. The number of carbonyl (C=O) groups excluding carboxylic acids is 1. The summed E-state index contributed by atoms with van der Waals surface area (Å²) in [5.74, 6) is -0.970. The van der Waals surface area contributed by atoms with E-state index in [4.69, 9.17) is 32.5 Å². The molecule has 3 aromatic rings. The number of ether oxygens (including phenoxy) is 2. The molecule has 33 heavy (non-hydrogen) atoms. The minimum Gasteiger partial charge on any atom is -0.389 e. The molecule has 1 fully saturated rings. The Bertz CT molecular complexity index is 1090. The van der Waals surface area contributed by atoms with Crippen molar-refractivity contribution < 1.29 is 18.7 Å². The number of nitrogens with one attached hydrogen (secondary N) is 1. The van der Waals surface area contributed by atoms with Gasteiger partial charge in [-0.25, -0.2) is 9.37 Å². The quantitative estimate of drug-likeness (QED) is 0.505. The second-order valence-corrected chi connectivity index (χ2v) is 8.84. The first-order valence-electron chi connectivity index (χ1n) is 10.2. The fourth-order valence-electron chi connectivity index (χ4n) is 3.12. The zero-order valence-corrected chi connectivity index (χ0v) is 19.8. The smallest absolute Gasteiger partial charge is 0.277 e. The minimum atomic E-state index is -0.486. The molecule has 2 unspecified atom stereocenters. The molecule has 1 aliphatic rings. The van der Waals surface area contributed by atoms with Gasteiger partial charge in [-0.3, -0.25) is 9.48 Å². The number of amides is 1. The van der Waals surface area contributed by atoms with Gasteiger partial charge in [0.15, 0.2) is 5.69 Å². The average Bonchev–Trinajstić information content (AvgIpc) is 3.30. The third-order valence-electron chi connectivity index (χ3n) is 4.88.